The molecule has 0 fully saturated rings. The SMILES string of the molecule is C[Si](C)(CCl)CCCC[Si](C)(C)CCl. The van der Waals surface area contributed by atoms with Gasteiger partial charge in [-0.05, 0) is 0 Å². The summed E-state index contributed by atoms with van der Waals surface area (Å²) in [5.74, 6) is 0. The molecule has 0 aromatic rings. The van der Waals surface area contributed by atoms with Gasteiger partial charge in [-0.1, -0.05) is 51.1 Å². The van der Waals surface area contributed by atoms with Crippen LogP contribution in [-0.2, 0) is 0 Å². The van der Waals surface area contributed by atoms with Gasteiger partial charge in [0.1, 0.15) is 0 Å². The first-order valence-electron chi connectivity index (χ1n) is 5.45. The Morgan fingerprint density at radius 3 is 1.21 bits per heavy atom. The van der Waals surface area contributed by atoms with Crippen LogP contribution in [-0.4, -0.2) is 27.2 Å². The van der Waals surface area contributed by atoms with Crippen LogP contribution in [0, 0.1) is 0 Å². The van der Waals surface area contributed by atoms with E-state index in [0.717, 1.165) is 11.0 Å². The lowest BCUT2D eigenvalue weighted by Crippen LogP contribution is -2.30. The summed E-state index contributed by atoms with van der Waals surface area (Å²) in [6.07, 6.45) is 2.72. The zero-order valence-electron chi connectivity index (χ0n) is 10.00. The number of rotatable bonds is 7. The monoisotopic (exact) mass is 270 g/mol. The van der Waals surface area contributed by atoms with Gasteiger partial charge in [-0.3, -0.25) is 0 Å². The largest absolute Gasteiger partial charge is 0.130 e. The van der Waals surface area contributed by atoms with Crippen molar-refractivity contribution in [2.75, 3.05) is 11.0 Å². The number of unbranched alkanes of at least 4 members (excludes halogenated alkanes) is 1. The van der Waals surface area contributed by atoms with Gasteiger partial charge < -0.3 is 0 Å². The highest BCUT2D eigenvalue weighted by molar-refractivity contribution is 6.83. The van der Waals surface area contributed by atoms with Crippen LogP contribution < -0.4 is 0 Å². The Morgan fingerprint density at radius 1 is 0.714 bits per heavy atom. The molecule has 0 amide bonds. The maximum atomic E-state index is 5.94. The first-order valence-corrected chi connectivity index (χ1v) is 13.3. The first-order chi connectivity index (χ1) is 6.33. The average molecular weight is 271 g/mol. The van der Waals surface area contributed by atoms with Crippen molar-refractivity contribution in [3.05, 3.63) is 0 Å². The van der Waals surface area contributed by atoms with Crippen LogP contribution in [0.5, 0.6) is 0 Å². The average Bonchev–Trinajstić information content (AvgIpc) is 2.13. The summed E-state index contributed by atoms with van der Waals surface area (Å²) in [6.45, 7) is 9.52. The molecule has 0 heterocycles. The molecule has 0 aliphatic carbocycles. The van der Waals surface area contributed by atoms with E-state index in [2.05, 4.69) is 26.2 Å². The van der Waals surface area contributed by atoms with Crippen LogP contribution in [0.25, 0.3) is 0 Å². The predicted octanol–water partition coefficient (Wildman–Crippen LogP) is 4.74. The minimum atomic E-state index is -1.04. The lowest BCUT2D eigenvalue weighted by molar-refractivity contribution is 0.851. The Morgan fingerprint density at radius 2 is 1.00 bits per heavy atom. The van der Waals surface area contributed by atoms with Gasteiger partial charge in [0.2, 0.25) is 0 Å². The van der Waals surface area contributed by atoms with Crippen LogP contribution in [0.3, 0.4) is 0 Å². The van der Waals surface area contributed by atoms with Crippen molar-refractivity contribution < 1.29 is 0 Å². The summed E-state index contributed by atoms with van der Waals surface area (Å²) in [4.78, 5) is 0. The molecule has 0 atom stereocenters. The van der Waals surface area contributed by atoms with Gasteiger partial charge >= 0.3 is 0 Å². The van der Waals surface area contributed by atoms with E-state index in [-0.39, 0.29) is 0 Å². The number of hydrogen-bond acceptors (Lipinski definition) is 0. The molecule has 0 bridgehead atoms. The third-order valence-electron chi connectivity index (χ3n) is 2.68. The molecule has 0 nitrogen and oxygen atoms in total. The second-order valence-electron chi connectivity index (χ2n) is 5.80. The fourth-order valence-electron chi connectivity index (χ4n) is 1.34. The van der Waals surface area contributed by atoms with Gasteiger partial charge in [-0.25, -0.2) is 0 Å². The molecule has 4 heteroatoms. The molecule has 86 valence electrons. The van der Waals surface area contributed by atoms with Crippen molar-refractivity contribution in [2.45, 2.75) is 51.1 Å². The summed E-state index contributed by atoms with van der Waals surface area (Å²) in [5.41, 5.74) is 1.81. The minimum Gasteiger partial charge on any atom is -0.130 e. The van der Waals surface area contributed by atoms with E-state index < -0.39 is 16.1 Å². The van der Waals surface area contributed by atoms with E-state index in [1.54, 1.807) is 0 Å². The van der Waals surface area contributed by atoms with E-state index in [0.29, 0.717) is 0 Å². The zero-order chi connectivity index (χ0) is 11.2. The molecular formula is C10H24Cl2Si2. The Kier molecular flexibility index (Phi) is 7.04. The van der Waals surface area contributed by atoms with Crippen molar-refractivity contribution in [1.82, 2.24) is 0 Å². The third-order valence-corrected chi connectivity index (χ3v) is 11.9. The van der Waals surface area contributed by atoms with Gasteiger partial charge in [-0.2, -0.15) is 0 Å². The standard InChI is InChI=1S/C10H24Cl2Si2/c1-13(2,9-11)7-5-6-8-14(3,4)10-12/h5-10H2,1-4H3. The molecule has 0 saturated heterocycles. The van der Waals surface area contributed by atoms with Crippen LogP contribution in [0.4, 0.5) is 0 Å². The van der Waals surface area contributed by atoms with Gasteiger partial charge in [0.05, 0.1) is 16.1 Å². The topological polar surface area (TPSA) is 0 Å². The molecular weight excluding hydrogens is 247 g/mol. The van der Waals surface area contributed by atoms with Crippen molar-refractivity contribution in [1.29, 1.82) is 0 Å². The highest BCUT2D eigenvalue weighted by atomic mass is 35.5. The Bertz CT molecular complexity index is 140. The van der Waals surface area contributed by atoms with Crippen LogP contribution in [0.2, 0.25) is 38.3 Å². The summed E-state index contributed by atoms with van der Waals surface area (Å²) in [6, 6.07) is 2.76. The second-order valence-corrected chi connectivity index (χ2v) is 17.6. The summed E-state index contributed by atoms with van der Waals surface area (Å²) >= 11 is 11.9. The Labute approximate surface area is 101 Å². The molecule has 0 unspecified atom stereocenters. The van der Waals surface area contributed by atoms with E-state index in [1.165, 1.54) is 24.9 Å². The summed E-state index contributed by atoms with van der Waals surface area (Å²) < 4.78 is 0. The fraction of sp³-hybridized carbons (Fsp3) is 1.00. The Hall–Kier alpha value is 1.01. The van der Waals surface area contributed by atoms with E-state index in [1.807, 2.05) is 0 Å². The molecule has 0 saturated carbocycles. The van der Waals surface area contributed by atoms with Crippen molar-refractivity contribution in [3.63, 3.8) is 0 Å². The number of halogens is 2. The van der Waals surface area contributed by atoms with Gasteiger partial charge in [0.15, 0.2) is 0 Å². The van der Waals surface area contributed by atoms with Gasteiger partial charge in [0, 0.05) is 11.0 Å². The van der Waals surface area contributed by atoms with Crippen LogP contribution >= 0.6 is 23.2 Å². The van der Waals surface area contributed by atoms with Crippen LogP contribution in [0.1, 0.15) is 12.8 Å². The predicted molar refractivity (Wildman–Crippen MR) is 75.3 cm³/mol. The first kappa shape index (κ1) is 15.0. The summed E-state index contributed by atoms with van der Waals surface area (Å²) in [7, 11) is -2.07. The second kappa shape index (κ2) is 6.56. The molecule has 0 aliphatic rings. The number of alkyl halides is 2. The molecule has 14 heavy (non-hydrogen) atoms. The van der Waals surface area contributed by atoms with Crippen molar-refractivity contribution >= 4 is 39.3 Å². The molecule has 0 aromatic heterocycles. The van der Waals surface area contributed by atoms with Gasteiger partial charge in [-0.15, -0.1) is 23.2 Å². The lowest BCUT2D eigenvalue weighted by atomic mass is 10.4. The quantitative estimate of drug-likeness (QED) is 0.356. The third kappa shape index (κ3) is 7.32. The minimum absolute atomic E-state index is 0.906. The number of hydrogen-bond donors (Lipinski definition) is 0. The molecule has 0 radical (unpaired) electrons. The Balaban J connectivity index is 3.57. The fourth-order valence-corrected chi connectivity index (χ4v) is 4.82. The zero-order valence-corrected chi connectivity index (χ0v) is 13.5. The molecule has 0 aliphatic heterocycles. The van der Waals surface area contributed by atoms with Crippen molar-refractivity contribution in [3.8, 4) is 0 Å². The lowest BCUT2D eigenvalue weighted by Gasteiger charge is -2.21. The van der Waals surface area contributed by atoms with E-state index in [4.69, 9.17) is 23.2 Å². The van der Waals surface area contributed by atoms with Crippen LogP contribution in [0.15, 0.2) is 0 Å². The molecule has 0 N–H and O–H groups in total. The van der Waals surface area contributed by atoms with Crippen molar-refractivity contribution in [2.24, 2.45) is 0 Å². The van der Waals surface area contributed by atoms with E-state index in [9.17, 15) is 0 Å². The smallest absolute Gasteiger partial charge is 0.0639 e. The molecule has 0 spiro atoms. The summed E-state index contributed by atoms with van der Waals surface area (Å²) in [5, 5.41) is 0. The van der Waals surface area contributed by atoms with Gasteiger partial charge in [0.25, 0.3) is 0 Å². The van der Waals surface area contributed by atoms with E-state index >= 15 is 0 Å². The maximum absolute atomic E-state index is 5.94. The highest BCUT2D eigenvalue weighted by Crippen LogP contribution is 2.20. The highest BCUT2D eigenvalue weighted by Gasteiger charge is 2.21. The normalized spacial score (nSPS) is 13.3. The molecule has 0 aromatic carbocycles. The maximum Gasteiger partial charge on any atom is 0.0639 e. The molecule has 0 rings (SSSR count).